The lowest BCUT2D eigenvalue weighted by atomic mass is 9.83. The van der Waals surface area contributed by atoms with Crippen LogP contribution in [0.25, 0.3) is 5.65 Å². The fourth-order valence-electron chi connectivity index (χ4n) is 4.43. The minimum Gasteiger partial charge on any atom is -0.385 e. The molecule has 2 fully saturated rings. The Morgan fingerprint density at radius 1 is 1.09 bits per heavy atom. The predicted octanol–water partition coefficient (Wildman–Crippen LogP) is 5.09. The summed E-state index contributed by atoms with van der Waals surface area (Å²) in [6.45, 7) is 0.817. The number of pyridine rings is 1. The molecule has 1 aromatic carbocycles. The average molecular weight is 487 g/mol. The van der Waals surface area contributed by atoms with E-state index in [2.05, 4.69) is 10.2 Å². The molecule has 1 atom stereocenters. The van der Waals surface area contributed by atoms with Crippen LogP contribution in [0.15, 0.2) is 36.5 Å². The minimum absolute atomic E-state index is 0.130. The fraction of sp³-hybridized carbons (Fsp3) is 0.455. The number of anilines is 1. The highest BCUT2D eigenvalue weighted by Crippen LogP contribution is 2.50. The third-order valence-corrected chi connectivity index (χ3v) is 6.94. The fourth-order valence-corrected chi connectivity index (χ4v) is 4.66. The van der Waals surface area contributed by atoms with E-state index in [1.807, 2.05) is 11.0 Å². The van der Waals surface area contributed by atoms with Crippen molar-refractivity contribution in [1.82, 2.24) is 14.6 Å². The number of benzene rings is 1. The first kappa shape index (κ1) is 22.3. The van der Waals surface area contributed by atoms with Crippen molar-refractivity contribution in [2.75, 3.05) is 18.0 Å². The van der Waals surface area contributed by atoms with Gasteiger partial charge in [-0.05, 0) is 36.6 Å². The predicted molar refractivity (Wildman–Crippen MR) is 112 cm³/mol. The van der Waals surface area contributed by atoms with Crippen molar-refractivity contribution in [3.63, 3.8) is 0 Å². The zero-order valence-electron chi connectivity index (χ0n) is 17.3. The van der Waals surface area contributed by atoms with Crippen molar-refractivity contribution in [2.24, 2.45) is 5.92 Å². The number of piperidine rings is 1. The number of hydrogen-bond donors (Lipinski definition) is 1. The van der Waals surface area contributed by atoms with Crippen LogP contribution in [-0.2, 0) is 18.2 Å². The second-order valence-electron chi connectivity index (χ2n) is 8.81. The number of rotatable bonds is 4. The Kier molecular flexibility index (Phi) is 5.09. The summed E-state index contributed by atoms with van der Waals surface area (Å²) in [5, 5.41) is 18.8. The lowest BCUT2D eigenvalue weighted by molar-refractivity contribution is -0.137. The van der Waals surface area contributed by atoms with Crippen LogP contribution in [0, 0.1) is 5.92 Å². The molecule has 0 bridgehead atoms. The number of hydrogen-bond acceptors (Lipinski definition) is 4. The summed E-state index contributed by atoms with van der Waals surface area (Å²) >= 11 is 5.70. The molecule has 11 heteroatoms. The van der Waals surface area contributed by atoms with E-state index >= 15 is 0 Å². The van der Waals surface area contributed by atoms with Crippen molar-refractivity contribution in [2.45, 2.75) is 43.4 Å². The third kappa shape index (κ3) is 4.14. The number of halogens is 6. The Bertz CT molecular complexity index is 1200. The van der Waals surface area contributed by atoms with Gasteiger partial charge in [0.2, 0.25) is 0 Å². The molecule has 3 heterocycles. The van der Waals surface area contributed by atoms with E-state index in [1.165, 1.54) is 12.1 Å². The molecule has 0 spiro atoms. The average Bonchev–Trinajstić information content (AvgIpc) is 3.16. The van der Waals surface area contributed by atoms with Gasteiger partial charge in [0.05, 0.1) is 16.2 Å². The molecule has 2 aromatic heterocycles. The molecule has 1 saturated heterocycles. The van der Waals surface area contributed by atoms with Gasteiger partial charge < -0.3 is 10.0 Å². The first-order chi connectivity index (χ1) is 15.5. The Hall–Kier alpha value is -2.46. The van der Waals surface area contributed by atoms with E-state index in [4.69, 9.17) is 11.6 Å². The van der Waals surface area contributed by atoms with Crippen LogP contribution in [0.5, 0.6) is 0 Å². The van der Waals surface area contributed by atoms with Gasteiger partial charge in [0.1, 0.15) is 5.82 Å². The molecule has 1 aliphatic carbocycles. The summed E-state index contributed by atoms with van der Waals surface area (Å²) in [6, 6.07) is 7.12. The van der Waals surface area contributed by atoms with Crippen LogP contribution in [0.3, 0.4) is 0 Å². The molecule has 5 rings (SSSR count). The SMILES string of the molecule is OC1(c2ccc(Cl)c(C(F)(F)F)c2)CCN(c2ccn3c(CC4CC4(F)F)nnc3c2)CC1. The van der Waals surface area contributed by atoms with Gasteiger partial charge in [-0.1, -0.05) is 17.7 Å². The molecule has 33 heavy (non-hydrogen) atoms. The molecule has 1 unspecified atom stereocenters. The van der Waals surface area contributed by atoms with Crippen molar-refractivity contribution < 1.29 is 27.1 Å². The van der Waals surface area contributed by atoms with Gasteiger partial charge in [0.15, 0.2) is 5.65 Å². The molecular formula is C22H20ClF5N4O. The van der Waals surface area contributed by atoms with Gasteiger partial charge >= 0.3 is 6.18 Å². The third-order valence-electron chi connectivity index (χ3n) is 6.61. The topological polar surface area (TPSA) is 53.7 Å². The van der Waals surface area contributed by atoms with Crippen LogP contribution in [-0.4, -0.2) is 38.7 Å². The Morgan fingerprint density at radius 3 is 2.42 bits per heavy atom. The number of fused-ring (bicyclic) bond motifs is 1. The highest BCUT2D eigenvalue weighted by molar-refractivity contribution is 6.31. The summed E-state index contributed by atoms with van der Waals surface area (Å²) in [7, 11) is 0. The summed E-state index contributed by atoms with van der Waals surface area (Å²) in [5.74, 6) is -2.84. The maximum absolute atomic E-state index is 13.2. The van der Waals surface area contributed by atoms with E-state index in [-0.39, 0.29) is 31.2 Å². The lowest BCUT2D eigenvalue weighted by Gasteiger charge is -2.39. The maximum Gasteiger partial charge on any atom is 0.417 e. The highest BCUT2D eigenvalue weighted by atomic mass is 35.5. The van der Waals surface area contributed by atoms with Crippen LogP contribution >= 0.6 is 11.6 Å². The number of nitrogens with zero attached hydrogens (tertiary/aromatic N) is 4. The number of aromatic nitrogens is 3. The molecule has 0 amide bonds. The normalized spacial score (nSPS) is 22.0. The first-order valence-electron chi connectivity index (χ1n) is 10.5. The van der Waals surface area contributed by atoms with Gasteiger partial charge in [-0.15, -0.1) is 10.2 Å². The largest absolute Gasteiger partial charge is 0.417 e. The number of aliphatic hydroxyl groups is 1. The maximum atomic E-state index is 13.2. The summed E-state index contributed by atoms with van der Waals surface area (Å²) in [6.07, 6.45) is -2.39. The quantitative estimate of drug-likeness (QED) is 0.522. The van der Waals surface area contributed by atoms with Gasteiger partial charge in [-0.2, -0.15) is 13.2 Å². The molecular weight excluding hydrogens is 467 g/mol. The Labute approximate surface area is 190 Å². The van der Waals surface area contributed by atoms with Crippen LogP contribution in [0.1, 0.15) is 36.2 Å². The van der Waals surface area contributed by atoms with Gasteiger partial charge in [0, 0.05) is 49.8 Å². The molecule has 5 nitrogen and oxygen atoms in total. The minimum atomic E-state index is -4.61. The molecule has 2 aliphatic rings. The van der Waals surface area contributed by atoms with Gasteiger partial charge in [-0.25, -0.2) is 8.78 Å². The van der Waals surface area contributed by atoms with Crippen LogP contribution in [0.4, 0.5) is 27.6 Å². The van der Waals surface area contributed by atoms with E-state index in [1.54, 1.807) is 16.7 Å². The van der Waals surface area contributed by atoms with E-state index in [0.717, 1.165) is 11.8 Å². The van der Waals surface area contributed by atoms with E-state index in [9.17, 15) is 27.1 Å². The van der Waals surface area contributed by atoms with Crippen LogP contribution in [0.2, 0.25) is 5.02 Å². The molecule has 3 aromatic rings. The zero-order chi connectivity index (χ0) is 23.6. The van der Waals surface area contributed by atoms with Crippen molar-refractivity contribution in [1.29, 1.82) is 0 Å². The molecule has 1 saturated carbocycles. The number of alkyl halides is 5. The highest BCUT2D eigenvalue weighted by Gasteiger charge is 2.56. The second-order valence-corrected chi connectivity index (χ2v) is 9.21. The summed E-state index contributed by atoms with van der Waals surface area (Å²) < 4.78 is 67.8. The molecule has 1 aliphatic heterocycles. The second kappa shape index (κ2) is 7.53. The Balaban J connectivity index is 1.31. The lowest BCUT2D eigenvalue weighted by Crippen LogP contribution is -2.42. The van der Waals surface area contributed by atoms with Gasteiger partial charge in [0.25, 0.3) is 5.92 Å². The summed E-state index contributed by atoms with van der Waals surface area (Å²) in [5.41, 5.74) is -0.835. The Morgan fingerprint density at radius 2 is 1.79 bits per heavy atom. The molecule has 176 valence electrons. The van der Waals surface area contributed by atoms with Crippen LogP contribution < -0.4 is 4.90 Å². The standard InChI is InChI=1S/C22H20ClF5N4O/c23-17-2-1-13(9-16(17)22(26,27)28)20(33)4-7-31(8-5-20)15-3-6-32-18(29-30-19(32)11-15)10-14-12-21(14,24)25/h1-3,6,9,11,14,33H,4-5,7-8,10,12H2. The van der Waals surface area contributed by atoms with Crippen molar-refractivity contribution in [3.8, 4) is 0 Å². The zero-order valence-corrected chi connectivity index (χ0v) is 18.0. The van der Waals surface area contributed by atoms with E-state index < -0.39 is 34.2 Å². The molecule has 0 radical (unpaired) electrons. The first-order valence-corrected chi connectivity index (χ1v) is 10.9. The van der Waals surface area contributed by atoms with Crippen molar-refractivity contribution in [3.05, 3.63) is 58.5 Å². The monoisotopic (exact) mass is 486 g/mol. The van der Waals surface area contributed by atoms with E-state index in [0.29, 0.717) is 24.6 Å². The van der Waals surface area contributed by atoms with Crippen molar-refractivity contribution >= 4 is 22.9 Å². The molecule has 1 N–H and O–H groups in total. The smallest absolute Gasteiger partial charge is 0.385 e. The van der Waals surface area contributed by atoms with Gasteiger partial charge in [-0.3, -0.25) is 4.40 Å². The summed E-state index contributed by atoms with van der Waals surface area (Å²) in [4.78, 5) is 2.00.